The van der Waals surface area contributed by atoms with Crippen LogP contribution in [0.5, 0.6) is 5.75 Å². The fraction of sp³-hybridized carbons (Fsp3) is 0.462. The number of amides is 1. The predicted molar refractivity (Wildman–Crippen MR) is 67.6 cm³/mol. The molecule has 0 saturated carbocycles. The van der Waals surface area contributed by atoms with E-state index in [9.17, 15) is 9.18 Å². The second-order valence-corrected chi connectivity index (χ2v) is 4.56. The molecule has 0 spiro atoms. The molecular weight excluding hydrogens is 235 g/mol. The van der Waals surface area contributed by atoms with Gasteiger partial charge in [0, 0.05) is 6.04 Å². The highest BCUT2D eigenvalue weighted by Crippen LogP contribution is 2.19. The Morgan fingerprint density at radius 3 is 2.61 bits per heavy atom. The van der Waals surface area contributed by atoms with Crippen molar-refractivity contribution in [2.45, 2.75) is 26.3 Å². The molecule has 1 amide bonds. The van der Waals surface area contributed by atoms with Crippen molar-refractivity contribution >= 4 is 5.91 Å². The fourth-order valence-corrected chi connectivity index (χ4v) is 1.46. The van der Waals surface area contributed by atoms with Crippen LogP contribution in [0.3, 0.4) is 0 Å². The van der Waals surface area contributed by atoms with E-state index in [2.05, 4.69) is 0 Å². The highest BCUT2D eigenvalue weighted by Gasteiger charge is 2.12. The van der Waals surface area contributed by atoms with Crippen LogP contribution in [0, 0.1) is 11.7 Å². The SMILES string of the molecule is CC(N)Cc1ccc(OCC(C)C(N)=O)c(F)c1. The molecule has 100 valence electrons. The van der Waals surface area contributed by atoms with Gasteiger partial charge in [-0.25, -0.2) is 4.39 Å². The normalized spacial score (nSPS) is 14.0. The number of primary amides is 1. The van der Waals surface area contributed by atoms with Gasteiger partial charge in [-0.2, -0.15) is 0 Å². The topological polar surface area (TPSA) is 78.3 Å². The van der Waals surface area contributed by atoms with E-state index < -0.39 is 17.6 Å². The van der Waals surface area contributed by atoms with Gasteiger partial charge < -0.3 is 16.2 Å². The van der Waals surface area contributed by atoms with Crippen molar-refractivity contribution in [2.24, 2.45) is 17.4 Å². The van der Waals surface area contributed by atoms with Crippen LogP contribution in [0.1, 0.15) is 19.4 Å². The van der Waals surface area contributed by atoms with Gasteiger partial charge in [0.15, 0.2) is 11.6 Å². The smallest absolute Gasteiger partial charge is 0.223 e. The molecule has 0 radical (unpaired) electrons. The maximum Gasteiger partial charge on any atom is 0.223 e. The van der Waals surface area contributed by atoms with Crippen molar-refractivity contribution in [1.82, 2.24) is 0 Å². The first-order valence-electron chi connectivity index (χ1n) is 5.86. The summed E-state index contributed by atoms with van der Waals surface area (Å²) in [6.45, 7) is 3.56. The molecule has 1 rings (SSSR count). The van der Waals surface area contributed by atoms with Gasteiger partial charge in [-0.15, -0.1) is 0 Å². The molecule has 0 aliphatic rings. The minimum absolute atomic E-state index is 0.0222. The lowest BCUT2D eigenvalue weighted by Gasteiger charge is -2.12. The molecule has 0 aromatic heterocycles. The lowest BCUT2D eigenvalue weighted by molar-refractivity contribution is -0.122. The van der Waals surface area contributed by atoms with E-state index in [1.165, 1.54) is 6.07 Å². The molecule has 18 heavy (non-hydrogen) atoms. The van der Waals surface area contributed by atoms with E-state index >= 15 is 0 Å². The monoisotopic (exact) mass is 254 g/mol. The van der Waals surface area contributed by atoms with Crippen molar-refractivity contribution < 1.29 is 13.9 Å². The van der Waals surface area contributed by atoms with Gasteiger partial charge in [0.1, 0.15) is 0 Å². The number of halogens is 1. The third-order valence-electron chi connectivity index (χ3n) is 2.53. The number of carbonyl (C=O) groups excluding carboxylic acids is 1. The summed E-state index contributed by atoms with van der Waals surface area (Å²) in [7, 11) is 0. The Kier molecular flexibility index (Phi) is 5.09. The summed E-state index contributed by atoms with van der Waals surface area (Å²) in [6, 6.07) is 4.68. The minimum Gasteiger partial charge on any atom is -0.490 e. The zero-order valence-electron chi connectivity index (χ0n) is 10.7. The van der Waals surface area contributed by atoms with Crippen LogP contribution in [0.15, 0.2) is 18.2 Å². The Balaban J connectivity index is 2.65. The Hall–Kier alpha value is -1.62. The molecule has 0 aliphatic heterocycles. The van der Waals surface area contributed by atoms with Gasteiger partial charge in [0.2, 0.25) is 5.91 Å². The number of benzene rings is 1. The third kappa shape index (κ3) is 4.33. The van der Waals surface area contributed by atoms with E-state index in [0.29, 0.717) is 6.42 Å². The Bertz CT molecular complexity index is 421. The molecule has 4 nitrogen and oxygen atoms in total. The number of ether oxygens (including phenoxy) is 1. The largest absolute Gasteiger partial charge is 0.490 e. The fourth-order valence-electron chi connectivity index (χ4n) is 1.46. The van der Waals surface area contributed by atoms with Crippen molar-refractivity contribution in [1.29, 1.82) is 0 Å². The van der Waals surface area contributed by atoms with E-state index in [1.807, 2.05) is 6.92 Å². The van der Waals surface area contributed by atoms with Crippen LogP contribution in [0.2, 0.25) is 0 Å². The number of nitrogens with two attached hydrogens (primary N) is 2. The van der Waals surface area contributed by atoms with E-state index in [0.717, 1.165) is 5.56 Å². The molecule has 0 bridgehead atoms. The van der Waals surface area contributed by atoms with Crippen molar-refractivity contribution in [3.63, 3.8) is 0 Å². The predicted octanol–water partition coefficient (Wildman–Crippen LogP) is 1.22. The van der Waals surface area contributed by atoms with E-state index in [-0.39, 0.29) is 18.4 Å². The van der Waals surface area contributed by atoms with Crippen molar-refractivity contribution in [3.05, 3.63) is 29.6 Å². The first kappa shape index (κ1) is 14.4. The summed E-state index contributed by atoms with van der Waals surface area (Å²) < 4.78 is 18.9. The number of hydrogen-bond donors (Lipinski definition) is 2. The van der Waals surface area contributed by atoms with Crippen LogP contribution >= 0.6 is 0 Å². The molecule has 4 N–H and O–H groups in total. The van der Waals surface area contributed by atoms with Crippen LogP contribution in [0.25, 0.3) is 0 Å². The van der Waals surface area contributed by atoms with Gasteiger partial charge in [-0.05, 0) is 31.0 Å². The van der Waals surface area contributed by atoms with E-state index in [4.69, 9.17) is 16.2 Å². The molecule has 1 aromatic carbocycles. The van der Waals surface area contributed by atoms with Gasteiger partial charge in [-0.1, -0.05) is 13.0 Å². The first-order chi connectivity index (χ1) is 8.40. The van der Waals surface area contributed by atoms with Crippen LogP contribution < -0.4 is 16.2 Å². The van der Waals surface area contributed by atoms with E-state index in [1.54, 1.807) is 19.1 Å². The summed E-state index contributed by atoms with van der Waals surface area (Å²) in [5.41, 5.74) is 11.5. The van der Waals surface area contributed by atoms with Gasteiger partial charge >= 0.3 is 0 Å². The van der Waals surface area contributed by atoms with Crippen LogP contribution in [-0.2, 0) is 11.2 Å². The number of hydrogen-bond acceptors (Lipinski definition) is 3. The Labute approximate surface area is 106 Å². The summed E-state index contributed by atoms with van der Waals surface area (Å²) >= 11 is 0. The molecular formula is C13H19FN2O2. The number of carbonyl (C=O) groups is 1. The van der Waals surface area contributed by atoms with Gasteiger partial charge in [-0.3, -0.25) is 4.79 Å². The van der Waals surface area contributed by atoms with Crippen molar-refractivity contribution in [3.8, 4) is 5.75 Å². The summed E-state index contributed by atoms with van der Waals surface area (Å²) in [6.07, 6.45) is 0.606. The minimum atomic E-state index is -0.469. The zero-order chi connectivity index (χ0) is 13.7. The lowest BCUT2D eigenvalue weighted by atomic mass is 10.1. The van der Waals surface area contributed by atoms with Crippen LogP contribution in [0.4, 0.5) is 4.39 Å². The highest BCUT2D eigenvalue weighted by atomic mass is 19.1. The molecule has 0 saturated heterocycles. The molecule has 0 heterocycles. The summed E-state index contributed by atoms with van der Waals surface area (Å²) in [5, 5.41) is 0. The average Bonchev–Trinajstić information content (AvgIpc) is 2.26. The van der Waals surface area contributed by atoms with Gasteiger partial charge in [0.05, 0.1) is 12.5 Å². The Morgan fingerprint density at radius 2 is 2.11 bits per heavy atom. The average molecular weight is 254 g/mol. The Morgan fingerprint density at radius 1 is 1.44 bits per heavy atom. The zero-order valence-corrected chi connectivity index (χ0v) is 10.7. The maximum atomic E-state index is 13.7. The third-order valence-corrected chi connectivity index (χ3v) is 2.53. The first-order valence-corrected chi connectivity index (χ1v) is 5.86. The second-order valence-electron chi connectivity index (χ2n) is 4.56. The van der Waals surface area contributed by atoms with Crippen molar-refractivity contribution in [2.75, 3.05) is 6.61 Å². The maximum absolute atomic E-state index is 13.7. The molecule has 2 atom stereocenters. The summed E-state index contributed by atoms with van der Waals surface area (Å²) in [5.74, 6) is -1.25. The van der Waals surface area contributed by atoms with Gasteiger partial charge in [0.25, 0.3) is 0 Å². The molecule has 1 aromatic rings. The highest BCUT2D eigenvalue weighted by molar-refractivity contribution is 5.76. The van der Waals surface area contributed by atoms with Crippen LogP contribution in [-0.4, -0.2) is 18.6 Å². The molecule has 0 aliphatic carbocycles. The summed E-state index contributed by atoms with van der Waals surface area (Å²) in [4.78, 5) is 10.8. The molecule has 2 unspecified atom stereocenters. The molecule has 0 fully saturated rings. The number of rotatable bonds is 6. The standard InChI is InChI=1S/C13H19FN2O2/c1-8(13(16)17)7-18-12-4-3-10(5-9(2)15)6-11(12)14/h3-4,6,8-9H,5,7,15H2,1-2H3,(H2,16,17). The quantitative estimate of drug-likeness (QED) is 0.801. The second kappa shape index (κ2) is 6.35. The lowest BCUT2D eigenvalue weighted by Crippen LogP contribution is -2.26. The molecule has 5 heteroatoms.